The Morgan fingerprint density at radius 2 is 1.88 bits per heavy atom. The van der Waals surface area contributed by atoms with Gasteiger partial charge in [-0.15, -0.1) is 0 Å². The number of hydrogen-bond acceptors (Lipinski definition) is 4. The van der Waals surface area contributed by atoms with E-state index in [0.717, 1.165) is 34.3 Å². The van der Waals surface area contributed by atoms with Crippen LogP contribution in [0.5, 0.6) is 0 Å². The number of nitrogens with one attached hydrogen (secondary N) is 1. The number of anilines is 1. The lowest BCUT2D eigenvalue weighted by molar-refractivity contribution is 0.953. The van der Waals surface area contributed by atoms with Crippen LogP contribution >= 0.6 is 15.9 Å². The molecule has 4 aromatic rings. The number of fused-ring (bicyclic) bond motifs is 1. The van der Waals surface area contributed by atoms with Crippen molar-refractivity contribution in [1.82, 2.24) is 19.5 Å². The van der Waals surface area contributed by atoms with Crippen LogP contribution in [0.15, 0.2) is 71.6 Å². The standard InChI is InChI=1S/C19H16BrN5/c20-15-6-7-16-17(12-15)25(13-23-16)18-9-11-22-19(24-18)21-10-8-14-4-2-1-3-5-14/h1-7,9,11-13H,8,10H2,(H,21,22,24). The molecule has 6 heteroatoms. The van der Waals surface area contributed by atoms with Gasteiger partial charge in [-0.25, -0.2) is 9.97 Å². The van der Waals surface area contributed by atoms with E-state index in [1.807, 2.05) is 34.9 Å². The molecule has 2 aromatic heterocycles. The van der Waals surface area contributed by atoms with E-state index < -0.39 is 0 Å². The van der Waals surface area contributed by atoms with Gasteiger partial charge in [0.2, 0.25) is 5.95 Å². The van der Waals surface area contributed by atoms with Crippen molar-refractivity contribution in [2.75, 3.05) is 11.9 Å². The SMILES string of the molecule is Brc1ccc2ncn(-c3ccnc(NCCc4ccccc4)n3)c2c1. The first-order valence-electron chi connectivity index (χ1n) is 8.03. The van der Waals surface area contributed by atoms with Crippen LogP contribution in [0.2, 0.25) is 0 Å². The highest BCUT2D eigenvalue weighted by Gasteiger charge is 2.07. The lowest BCUT2D eigenvalue weighted by Gasteiger charge is -2.08. The molecule has 25 heavy (non-hydrogen) atoms. The number of nitrogens with zero attached hydrogens (tertiary/aromatic N) is 4. The number of aromatic nitrogens is 4. The number of rotatable bonds is 5. The van der Waals surface area contributed by atoms with Crippen molar-refractivity contribution < 1.29 is 0 Å². The molecule has 5 nitrogen and oxygen atoms in total. The average molecular weight is 394 g/mol. The fraction of sp³-hybridized carbons (Fsp3) is 0.105. The molecule has 0 spiro atoms. The molecule has 124 valence electrons. The predicted molar refractivity (Wildman–Crippen MR) is 103 cm³/mol. The highest BCUT2D eigenvalue weighted by Crippen LogP contribution is 2.21. The molecule has 0 atom stereocenters. The van der Waals surface area contributed by atoms with Crippen molar-refractivity contribution in [3.8, 4) is 5.82 Å². The van der Waals surface area contributed by atoms with Crippen molar-refractivity contribution in [3.63, 3.8) is 0 Å². The van der Waals surface area contributed by atoms with E-state index in [-0.39, 0.29) is 0 Å². The first-order chi connectivity index (χ1) is 12.3. The zero-order valence-electron chi connectivity index (χ0n) is 13.4. The van der Waals surface area contributed by atoms with Crippen molar-refractivity contribution in [2.45, 2.75) is 6.42 Å². The first-order valence-corrected chi connectivity index (χ1v) is 8.83. The maximum atomic E-state index is 4.61. The van der Waals surface area contributed by atoms with Crippen molar-refractivity contribution >= 4 is 32.9 Å². The van der Waals surface area contributed by atoms with Crippen LogP contribution in [0.4, 0.5) is 5.95 Å². The molecule has 0 amide bonds. The average Bonchev–Trinajstić information content (AvgIpc) is 3.06. The Kier molecular flexibility index (Phi) is 4.43. The van der Waals surface area contributed by atoms with Gasteiger partial charge in [0.05, 0.1) is 11.0 Å². The molecule has 0 saturated carbocycles. The Balaban J connectivity index is 1.53. The van der Waals surface area contributed by atoms with Crippen molar-refractivity contribution in [2.24, 2.45) is 0 Å². The molecule has 0 radical (unpaired) electrons. The van der Waals surface area contributed by atoms with Gasteiger partial charge in [0.25, 0.3) is 0 Å². The summed E-state index contributed by atoms with van der Waals surface area (Å²) in [6.07, 6.45) is 4.47. The normalized spacial score (nSPS) is 10.9. The zero-order valence-corrected chi connectivity index (χ0v) is 15.0. The second-order valence-corrected chi connectivity index (χ2v) is 6.56. The molecular formula is C19H16BrN5. The lowest BCUT2D eigenvalue weighted by Crippen LogP contribution is -2.09. The third-order valence-electron chi connectivity index (χ3n) is 3.94. The van der Waals surface area contributed by atoms with E-state index in [1.165, 1.54) is 5.56 Å². The monoisotopic (exact) mass is 393 g/mol. The Hall–Kier alpha value is -2.73. The van der Waals surface area contributed by atoms with Gasteiger partial charge < -0.3 is 5.32 Å². The summed E-state index contributed by atoms with van der Waals surface area (Å²) in [4.78, 5) is 13.4. The number of halogens is 1. The van der Waals surface area contributed by atoms with Gasteiger partial charge in [0.1, 0.15) is 12.1 Å². The zero-order chi connectivity index (χ0) is 17.1. The van der Waals surface area contributed by atoms with Crippen LogP contribution in [0, 0.1) is 0 Å². The number of hydrogen-bond donors (Lipinski definition) is 1. The van der Waals surface area contributed by atoms with Crippen LogP contribution in [-0.2, 0) is 6.42 Å². The smallest absolute Gasteiger partial charge is 0.224 e. The molecular weight excluding hydrogens is 378 g/mol. The Labute approximate surface area is 153 Å². The van der Waals surface area contributed by atoms with E-state index in [2.05, 4.69) is 60.5 Å². The van der Waals surface area contributed by atoms with Gasteiger partial charge in [-0.2, -0.15) is 4.98 Å². The minimum Gasteiger partial charge on any atom is -0.354 e. The fourth-order valence-corrected chi connectivity index (χ4v) is 3.04. The van der Waals surface area contributed by atoms with Gasteiger partial charge in [-0.3, -0.25) is 4.57 Å². The summed E-state index contributed by atoms with van der Waals surface area (Å²) in [6, 6.07) is 18.2. The van der Waals surface area contributed by atoms with E-state index in [9.17, 15) is 0 Å². The van der Waals surface area contributed by atoms with Crippen LogP contribution in [0.1, 0.15) is 5.56 Å². The van der Waals surface area contributed by atoms with Crippen LogP contribution in [-0.4, -0.2) is 26.1 Å². The molecule has 0 aliphatic rings. The van der Waals surface area contributed by atoms with E-state index >= 15 is 0 Å². The minimum absolute atomic E-state index is 0.616. The van der Waals surface area contributed by atoms with Crippen LogP contribution in [0.25, 0.3) is 16.9 Å². The Bertz CT molecular complexity index is 997. The highest BCUT2D eigenvalue weighted by molar-refractivity contribution is 9.10. The summed E-state index contributed by atoms with van der Waals surface area (Å²) in [5.74, 6) is 1.41. The molecule has 0 fully saturated rings. The molecule has 0 aliphatic carbocycles. The third kappa shape index (κ3) is 3.53. The molecule has 2 heterocycles. The molecule has 0 saturated heterocycles. The largest absolute Gasteiger partial charge is 0.354 e. The molecule has 0 bridgehead atoms. The summed E-state index contributed by atoms with van der Waals surface area (Å²) in [5.41, 5.74) is 3.22. The van der Waals surface area contributed by atoms with E-state index in [4.69, 9.17) is 0 Å². The quantitative estimate of drug-likeness (QED) is 0.551. The number of imidazole rings is 1. The number of benzene rings is 2. The topological polar surface area (TPSA) is 55.6 Å². The Morgan fingerprint density at radius 3 is 2.76 bits per heavy atom. The van der Waals surface area contributed by atoms with E-state index in [1.54, 1.807) is 12.5 Å². The van der Waals surface area contributed by atoms with Gasteiger partial charge in [0.15, 0.2) is 0 Å². The predicted octanol–water partition coefficient (Wildman–Crippen LogP) is 4.23. The van der Waals surface area contributed by atoms with Crippen LogP contribution < -0.4 is 5.32 Å². The van der Waals surface area contributed by atoms with Crippen molar-refractivity contribution in [3.05, 3.63) is 77.2 Å². The molecule has 0 aliphatic heterocycles. The first kappa shape index (κ1) is 15.8. The van der Waals surface area contributed by atoms with E-state index in [0.29, 0.717) is 5.95 Å². The second-order valence-electron chi connectivity index (χ2n) is 5.65. The summed E-state index contributed by atoms with van der Waals surface area (Å²) < 4.78 is 2.97. The molecule has 2 aromatic carbocycles. The summed E-state index contributed by atoms with van der Waals surface area (Å²) in [6.45, 7) is 0.781. The van der Waals surface area contributed by atoms with Gasteiger partial charge in [-0.05, 0) is 36.2 Å². The summed E-state index contributed by atoms with van der Waals surface area (Å²) in [5, 5.41) is 3.29. The van der Waals surface area contributed by atoms with Crippen molar-refractivity contribution in [1.29, 1.82) is 0 Å². The van der Waals surface area contributed by atoms with Gasteiger partial charge in [-0.1, -0.05) is 46.3 Å². The maximum absolute atomic E-state index is 4.61. The maximum Gasteiger partial charge on any atom is 0.224 e. The summed E-state index contributed by atoms with van der Waals surface area (Å²) in [7, 11) is 0. The summed E-state index contributed by atoms with van der Waals surface area (Å²) >= 11 is 3.51. The fourth-order valence-electron chi connectivity index (χ4n) is 2.70. The Morgan fingerprint density at radius 1 is 1.00 bits per heavy atom. The molecule has 0 unspecified atom stereocenters. The van der Waals surface area contributed by atoms with Gasteiger partial charge in [0, 0.05) is 17.2 Å². The van der Waals surface area contributed by atoms with Gasteiger partial charge >= 0.3 is 0 Å². The van der Waals surface area contributed by atoms with Crippen LogP contribution in [0.3, 0.4) is 0 Å². The minimum atomic E-state index is 0.616. The highest BCUT2D eigenvalue weighted by atomic mass is 79.9. The third-order valence-corrected chi connectivity index (χ3v) is 4.43. The lowest BCUT2D eigenvalue weighted by atomic mass is 10.1. The molecule has 4 rings (SSSR count). The second kappa shape index (κ2) is 7.03. The molecule has 1 N–H and O–H groups in total.